The average molecular weight is 361 g/mol. The predicted molar refractivity (Wildman–Crippen MR) is 109 cm³/mol. The molecule has 0 atom stereocenters. The van der Waals surface area contributed by atoms with Gasteiger partial charge in [-0.15, -0.1) is 0 Å². The molecule has 0 aliphatic heterocycles. The quantitative estimate of drug-likeness (QED) is 0.672. The van der Waals surface area contributed by atoms with E-state index in [2.05, 4.69) is 47.7 Å². The first-order valence-electron chi connectivity index (χ1n) is 8.76. The monoisotopic (exact) mass is 361 g/mol. The van der Waals surface area contributed by atoms with Crippen LogP contribution in [0, 0.1) is 13.8 Å². The minimum atomic E-state index is -0.0859. The van der Waals surface area contributed by atoms with Crippen LogP contribution in [0.5, 0.6) is 5.75 Å². The maximum atomic E-state index is 12.2. The summed E-state index contributed by atoms with van der Waals surface area (Å²) in [5, 5.41) is 6.18. The highest BCUT2D eigenvalue weighted by atomic mass is 16.5. The fourth-order valence-corrected chi connectivity index (χ4v) is 2.68. The van der Waals surface area contributed by atoms with Crippen molar-refractivity contribution in [2.75, 3.05) is 17.7 Å². The number of hydrogen-bond donors (Lipinski definition) is 2. The topological polar surface area (TPSA) is 63.2 Å². The summed E-state index contributed by atoms with van der Waals surface area (Å²) in [4.78, 5) is 16.6. The Morgan fingerprint density at radius 2 is 1.81 bits per heavy atom. The van der Waals surface area contributed by atoms with Gasteiger partial charge in [0.15, 0.2) is 0 Å². The summed E-state index contributed by atoms with van der Waals surface area (Å²) in [6.45, 7) is 4.11. The van der Waals surface area contributed by atoms with E-state index >= 15 is 0 Å². The number of ether oxygens (including phenoxy) is 1. The third-order valence-corrected chi connectivity index (χ3v) is 4.23. The van der Waals surface area contributed by atoms with Gasteiger partial charge in [0.05, 0.1) is 25.4 Å². The number of benzene rings is 2. The number of anilines is 3. The maximum Gasteiger partial charge on any atom is 0.228 e. The first-order valence-corrected chi connectivity index (χ1v) is 8.76. The van der Waals surface area contributed by atoms with E-state index in [0.717, 1.165) is 28.4 Å². The summed E-state index contributed by atoms with van der Waals surface area (Å²) < 4.78 is 5.12. The molecule has 3 rings (SSSR count). The fourth-order valence-electron chi connectivity index (χ4n) is 2.68. The Morgan fingerprint density at radius 1 is 1.04 bits per heavy atom. The van der Waals surface area contributed by atoms with Crippen molar-refractivity contribution in [1.82, 2.24) is 4.98 Å². The van der Waals surface area contributed by atoms with Gasteiger partial charge in [-0.3, -0.25) is 4.79 Å². The Bertz CT molecular complexity index is 919. The molecule has 0 unspecified atom stereocenters. The number of amides is 1. The van der Waals surface area contributed by atoms with Crippen LogP contribution in [-0.2, 0) is 11.2 Å². The largest absolute Gasteiger partial charge is 0.497 e. The number of carbonyl (C=O) groups is 1. The van der Waals surface area contributed by atoms with Crippen molar-refractivity contribution in [3.8, 4) is 5.75 Å². The molecule has 0 saturated heterocycles. The number of hydrogen-bond acceptors (Lipinski definition) is 4. The summed E-state index contributed by atoms with van der Waals surface area (Å²) in [5.41, 5.74) is 4.96. The summed E-state index contributed by atoms with van der Waals surface area (Å²) in [6, 6.07) is 17.4. The molecule has 0 spiro atoms. The smallest absolute Gasteiger partial charge is 0.228 e. The Balaban J connectivity index is 1.59. The summed E-state index contributed by atoms with van der Waals surface area (Å²) in [5.74, 6) is 1.42. The van der Waals surface area contributed by atoms with E-state index in [1.807, 2.05) is 36.4 Å². The number of rotatable bonds is 6. The highest BCUT2D eigenvalue weighted by molar-refractivity contribution is 5.92. The SMILES string of the molecule is COc1ccc(CC(=O)Nc2ccc(Nc3cc(C)ccc3C)nc2)cc1. The van der Waals surface area contributed by atoms with Gasteiger partial charge in [-0.1, -0.05) is 24.3 Å². The second-order valence-corrected chi connectivity index (χ2v) is 6.45. The Labute approximate surface area is 159 Å². The van der Waals surface area contributed by atoms with Crippen LogP contribution in [-0.4, -0.2) is 18.0 Å². The van der Waals surface area contributed by atoms with Gasteiger partial charge in [-0.2, -0.15) is 0 Å². The van der Waals surface area contributed by atoms with E-state index in [0.29, 0.717) is 12.1 Å². The van der Waals surface area contributed by atoms with Crippen LogP contribution in [0.2, 0.25) is 0 Å². The van der Waals surface area contributed by atoms with E-state index in [-0.39, 0.29) is 5.91 Å². The van der Waals surface area contributed by atoms with Crippen LogP contribution < -0.4 is 15.4 Å². The highest BCUT2D eigenvalue weighted by Crippen LogP contribution is 2.21. The van der Waals surface area contributed by atoms with Crippen LogP contribution in [0.4, 0.5) is 17.2 Å². The minimum Gasteiger partial charge on any atom is -0.497 e. The van der Waals surface area contributed by atoms with Gasteiger partial charge in [0.1, 0.15) is 11.6 Å². The molecule has 5 nitrogen and oxygen atoms in total. The number of nitrogens with zero attached hydrogens (tertiary/aromatic N) is 1. The molecule has 0 radical (unpaired) electrons. The van der Waals surface area contributed by atoms with Crippen LogP contribution in [0.15, 0.2) is 60.8 Å². The molecule has 0 bridgehead atoms. The van der Waals surface area contributed by atoms with Crippen LogP contribution in [0.3, 0.4) is 0 Å². The molecular weight excluding hydrogens is 338 g/mol. The zero-order chi connectivity index (χ0) is 19.2. The number of pyridine rings is 1. The van der Waals surface area contributed by atoms with E-state index in [1.54, 1.807) is 13.3 Å². The van der Waals surface area contributed by atoms with Crippen molar-refractivity contribution >= 4 is 23.1 Å². The molecule has 2 aromatic carbocycles. The average Bonchev–Trinajstić information content (AvgIpc) is 2.67. The molecule has 1 amide bonds. The summed E-state index contributed by atoms with van der Waals surface area (Å²) in [6.07, 6.45) is 1.95. The second kappa shape index (κ2) is 8.36. The normalized spacial score (nSPS) is 10.3. The molecule has 5 heteroatoms. The maximum absolute atomic E-state index is 12.2. The molecule has 0 saturated carbocycles. The molecule has 0 fully saturated rings. The van der Waals surface area contributed by atoms with Gasteiger partial charge in [0, 0.05) is 5.69 Å². The molecule has 27 heavy (non-hydrogen) atoms. The van der Waals surface area contributed by atoms with E-state index in [4.69, 9.17) is 4.74 Å². The molecule has 138 valence electrons. The van der Waals surface area contributed by atoms with Gasteiger partial charge in [-0.25, -0.2) is 4.98 Å². The van der Waals surface area contributed by atoms with Crippen molar-refractivity contribution < 1.29 is 9.53 Å². The third kappa shape index (κ3) is 5.07. The number of nitrogens with one attached hydrogen (secondary N) is 2. The standard InChI is InChI=1S/C22H23N3O2/c1-15-4-5-16(2)20(12-15)25-21-11-8-18(14-23-21)24-22(26)13-17-6-9-19(27-3)10-7-17/h4-12,14H,13H2,1-3H3,(H,23,25)(H,24,26). The lowest BCUT2D eigenvalue weighted by Gasteiger charge is -2.11. The van der Waals surface area contributed by atoms with Gasteiger partial charge in [0.25, 0.3) is 0 Å². The third-order valence-electron chi connectivity index (χ3n) is 4.23. The number of aryl methyl sites for hydroxylation is 2. The van der Waals surface area contributed by atoms with Crippen LogP contribution in [0.1, 0.15) is 16.7 Å². The zero-order valence-corrected chi connectivity index (χ0v) is 15.7. The lowest BCUT2D eigenvalue weighted by molar-refractivity contribution is -0.115. The van der Waals surface area contributed by atoms with Crippen molar-refractivity contribution in [2.45, 2.75) is 20.3 Å². The predicted octanol–water partition coefficient (Wildman–Crippen LogP) is 4.63. The van der Waals surface area contributed by atoms with Gasteiger partial charge in [0.2, 0.25) is 5.91 Å². The van der Waals surface area contributed by atoms with Crippen molar-refractivity contribution in [3.05, 3.63) is 77.5 Å². The summed E-state index contributed by atoms with van der Waals surface area (Å²) in [7, 11) is 1.62. The second-order valence-electron chi connectivity index (χ2n) is 6.45. The first-order chi connectivity index (χ1) is 13.0. The van der Waals surface area contributed by atoms with Crippen molar-refractivity contribution in [3.63, 3.8) is 0 Å². The van der Waals surface area contributed by atoms with E-state index in [9.17, 15) is 4.79 Å². The Morgan fingerprint density at radius 3 is 2.48 bits per heavy atom. The number of carbonyl (C=O) groups excluding carboxylic acids is 1. The van der Waals surface area contributed by atoms with Gasteiger partial charge >= 0.3 is 0 Å². The fraction of sp³-hybridized carbons (Fsp3) is 0.182. The van der Waals surface area contributed by atoms with Crippen LogP contribution in [0.25, 0.3) is 0 Å². The minimum absolute atomic E-state index is 0.0859. The Hall–Kier alpha value is -3.34. The molecule has 1 aromatic heterocycles. The molecule has 0 aliphatic rings. The van der Waals surface area contributed by atoms with Crippen molar-refractivity contribution in [2.24, 2.45) is 0 Å². The highest BCUT2D eigenvalue weighted by Gasteiger charge is 2.06. The molecule has 0 aliphatic carbocycles. The number of methoxy groups -OCH3 is 1. The van der Waals surface area contributed by atoms with E-state index in [1.165, 1.54) is 5.56 Å². The molecule has 2 N–H and O–H groups in total. The van der Waals surface area contributed by atoms with E-state index < -0.39 is 0 Å². The van der Waals surface area contributed by atoms with Crippen LogP contribution >= 0.6 is 0 Å². The molecule has 1 heterocycles. The zero-order valence-electron chi connectivity index (χ0n) is 15.7. The first kappa shape index (κ1) is 18.5. The molecular formula is C22H23N3O2. The number of aromatic nitrogens is 1. The summed E-state index contributed by atoms with van der Waals surface area (Å²) >= 11 is 0. The molecule has 3 aromatic rings. The van der Waals surface area contributed by atoms with Gasteiger partial charge in [-0.05, 0) is 60.9 Å². The lowest BCUT2D eigenvalue weighted by Crippen LogP contribution is -2.14. The van der Waals surface area contributed by atoms with Crippen molar-refractivity contribution in [1.29, 1.82) is 0 Å². The lowest BCUT2D eigenvalue weighted by atomic mass is 10.1. The van der Waals surface area contributed by atoms with Gasteiger partial charge < -0.3 is 15.4 Å². The Kier molecular flexibility index (Phi) is 5.71.